The molecule has 3 N–H and O–H groups in total. The van der Waals surface area contributed by atoms with E-state index in [2.05, 4.69) is 20.3 Å². The molecule has 100 valence electrons. The Bertz CT molecular complexity index is 852. The van der Waals surface area contributed by atoms with Gasteiger partial charge in [-0.1, -0.05) is 0 Å². The molecule has 3 rings (SSSR count). The van der Waals surface area contributed by atoms with Crippen molar-refractivity contribution in [2.75, 3.05) is 5.32 Å². The summed E-state index contributed by atoms with van der Waals surface area (Å²) in [7, 11) is 0. The van der Waals surface area contributed by atoms with E-state index in [4.69, 9.17) is 0 Å². The van der Waals surface area contributed by atoms with Crippen LogP contribution in [0.15, 0.2) is 52.3 Å². The molecule has 0 atom stereocenters. The SMILES string of the molecule is O=c1[nH]c2ccc(NCc3ccncc3)cc2[nH]c1=O. The smallest absolute Gasteiger partial charge is 0.314 e. The van der Waals surface area contributed by atoms with Gasteiger partial charge < -0.3 is 15.3 Å². The first-order chi connectivity index (χ1) is 9.72. The molecule has 20 heavy (non-hydrogen) atoms. The maximum Gasteiger partial charge on any atom is 0.314 e. The van der Waals surface area contributed by atoms with Crippen LogP contribution in [0.4, 0.5) is 5.69 Å². The number of nitrogens with zero attached hydrogens (tertiary/aromatic N) is 1. The zero-order valence-electron chi connectivity index (χ0n) is 10.5. The average Bonchev–Trinajstić information content (AvgIpc) is 2.47. The van der Waals surface area contributed by atoms with Crippen molar-refractivity contribution in [3.63, 3.8) is 0 Å². The number of rotatable bonds is 3. The second-order valence-electron chi connectivity index (χ2n) is 4.38. The molecule has 6 heteroatoms. The molecule has 0 amide bonds. The summed E-state index contributed by atoms with van der Waals surface area (Å²) >= 11 is 0. The molecule has 0 spiro atoms. The lowest BCUT2D eigenvalue weighted by Crippen LogP contribution is -2.28. The Morgan fingerprint density at radius 3 is 2.40 bits per heavy atom. The fourth-order valence-electron chi connectivity index (χ4n) is 1.93. The molecular weight excluding hydrogens is 256 g/mol. The highest BCUT2D eigenvalue weighted by atomic mass is 16.2. The standard InChI is InChI=1S/C14H12N4O2/c19-13-14(20)18-12-7-10(1-2-11(12)17-13)16-8-9-3-5-15-6-4-9/h1-7,16H,8H2,(H,17,19)(H,18,20). The van der Waals surface area contributed by atoms with Gasteiger partial charge in [0, 0.05) is 24.6 Å². The van der Waals surface area contributed by atoms with Crippen LogP contribution in [0.5, 0.6) is 0 Å². The molecule has 0 saturated heterocycles. The number of aromatic amines is 2. The van der Waals surface area contributed by atoms with E-state index in [1.165, 1.54) is 0 Å². The van der Waals surface area contributed by atoms with Crippen molar-refractivity contribution in [3.05, 3.63) is 69.0 Å². The van der Waals surface area contributed by atoms with Crippen molar-refractivity contribution in [2.45, 2.75) is 6.54 Å². The van der Waals surface area contributed by atoms with E-state index in [1.54, 1.807) is 24.5 Å². The third-order valence-electron chi connectivity index (χ3n) is 2.97. The van der Waals surface area contributed by atoms with Crippen LogP contribution < -0.4 is 16.4 Å². The number of benzene rings is 1. The lowest BCUT2D eigenvalue weighted by Gasteiger charge is -2.07. The van der Waals surface area contributed by atoms with Crippen LogP contribution in [-0.4, -0.2) is 15.0 Å². The molecule has 0 aliphatic carbocycles. The average molecular weight is 268 g/mol. The van der Waals surface area contributed by atoms with E-state index in [0.717, 1.165) is 11.3 Å². The van der Waals surface area contributed by atoms with E-state index in [0.29, 0.717) is 17.6 Å². The first-order valence-electron chi connectivity index (χ1n) is 6.11. The highest BCUT2D eigenvalue weighted by Gasteiger charge is 2.01. The molecule has 3 aromatic rings. The second kappa shape index (κ2) is 5.00. The third-order valence-corrected chi connectivity index (χ3v) is 2.97. The van der Waals surface area contributed by atoms with Crippen LogP contribution in [0.1, 0.15) is 5.56 Å². The minimum atomic E-state index is -0.649. The lowest BCUT2D eigenvalue weighted by molar-refractivity contribution is 1.12. The Hall–Kier alpha value is -2.89. The summed E-state index contributed by atoms with van der Waals surface area (Å²) in [4.78, 5) is 31.5. The Morgan fingerprint density at radius 1 is 0.950 bits per heavy atom. The Kier molecular flexibility index (Phi) is 3.04. The maximum absolute atomic E-state index is 11.3. The highest BCUT2D eigenvalue weighted by molar-refractivity contribution is 5.78. The van der Waals surface area contributed by atoms with Gasteiger partial charge in [0.05, 0.1) is 11.0 Å². The summed E-state index contributed by atoms with van der Waals surface area (Å²) < 4.78 is 0. The molecule has 0 unspecified atom stereocenters. The van der Waals surface area contributed by atoms with Crippen LogP contribution in [0.3, 0.4) is 0 Å². The van der Waals surface area contributed by atoms with E-state index >= 15 is 0 Å². The third kappa shape index (κ3) is 2.44. The number of aromatic nitrogens is 3. The molecule has 2 heterocycles. The summed E-state index contributed by atoms with van der Waals surface area (Å²) in [5.74, 6) is 0. The summed E-state index contributed by atoms with van der Waals surface area (Å²) in [5.41, 5.74) is 1.87. The van der Waals surface area contributed by atoms with Gasteiger partial charge >= 0.3 is 11.1 Å². The van der Waals surface area contributed by atoms with Gasteiger partial charge in [0.2, 0.25) is 0 Å². The molecule has 2 aromatic heterocycles. The summed E-state index contributed by atoms with van der Waals surface area (Å²) in [5, 5.41) is 3.25. The second-order valence-corrected chi connectivity index (χ2v) is 4.38. The predicted octanol–water partition coefficient (Wildman–Crippen LogP) is 1.22. The minimum absolute atomic E-state index is 0.592. The highest BCUT2D eigenvalue weighted by Crippen LogP contribution is 2.14. The van der Waals surface area contributed by atoms with Gasteiger partial charge in [-0.05, 0) is 35.9 Å². The zero-order valence-corrected chi connectivity index (χ0v) is 10.5. The fourth-order valence-corrected chi connectivity index (χ4v) is 1.93. The van der Waals surface area contributed by atoms with Crippen molar-refractivity contribution < 1.29 is 0 Å². The molecule has 1 aromatic carbocycles. The number of hydrogen-bond acceptors (Lipinski definition) is 4. The predicted molar refractivity (Wildman–Crippen MR) is 76.8 cm³/mol. The molecular formula is C14H12N4O2. The first kappa shape index (κ1) is 12.2. The van der Waals surface area contributed by atoms with Crippen molar-refractivity contribution in [1.82, 2.24) is 15.0 Å². The maximum atomic E-state index is 11.3. The van der Waals surface area contributed by atoms with Gasteiger partial charge in [-0.3, -0.25) is 14.6 Å². The largest absolute Gasteiger partial charge is 0.381 e. The van der Waals surface area contributed by atoms with Crippen molar-refractivity contribution in [2.24, 2.45) is 0 Å². The fraction of sp³-hybridized carbons (Fsp3) is 0.0714. The molecule has 0 radical (unpaired) electrons. The van der Waals surface area contributed by atoms with Crippen LogP contribution in [0, 0.1) is 0 Å². The van der Waals surface area contributed by atoms with Crippen LogP contribution in [0.25, 0.3) is 11.0 Å². The van der Waals surface area contributed by atoms with Crippen molar-refractivity contribution in [3.8, 4) is 0 Å². The normalized spacial score (nSPS) is 10.6. The molecule has 6 nitrogen and oxygen atoms in total. The van der Waals surface area contributed by atoms with Gasteiger partial charge in [-0.25, -0.2) is 0 Å². The summed E-state index contributed by atoms with van der Waals surface area (Å²) in [6, 6.07) is 9.23. The first-order valence-corrected chi connectivity index (χ1v) is 6.11. The van der Waals surface area contributed by atoms with Crippen LogP contribution >= 0.6 is 0 Å². The van der Waals surface area contributed by atoms with Gasteiger partial charge in [-0.15, -0.1) is 0 Å². The molecule has 0 aliphatic heterocycles. The number of anilines is 1. The van der Waals surface area contributed by atoms with Crippen LogP contribution in [-0.2, 0) is 6.54 Å². The number of hydrogen-bond donors (Lipinski definition) is 3. The molecule has 0 bridgehead atoms. The number of H-pyrrole nitrogens is 2. The van der Waals surface area contributed by atoms with Crippen molar-refractivity contribution in [1.29, 1.82) is 0 Å². The topological polar surface area (TPSA) is 90.6 Å². The van der Waals surface area contributed by atoms with Crippen LogP contribution in [0.2, 0.25) is 0 Å². The van der Waals surface area contributed by atoms with Gasteiger partial charge in [0.1, 0.15) is 0 Å². The van der Waals surface area contributed by atoms with E-state index < -0.39 is 11.1 Å². The summed E-state index contributed by atoms with van der Waals surface area (Å²) in [6.45, 7) is 0.654. The Morgan fingerprint density at radius 2 is 1.65 bits per heavy atom. The minimum Gasteiger partial charge on any atom is -0.381 e. The molecule has 0 saturated carbocycles. The molecule has 0 fully saturated rings. The Balaban J connectivity index is 1.88. The van der Waals surface area contributed by atoms with Gasteiger partial charge in [0.25, 0.3) is 0 Å². The Labute approximate surface area is 113 Å². The monoisotopic (exact) mass is 268 g/mol. The van der Waals surface area contributed by atoms with E-state index in [9.17, 15) is 9.59 Å². The van der Waals surface area contributed by atoms with Crippen molar-refractivity contribution >= 4 is 16.7 Å². The molecule has 0 aliphatic rings. The van der Waals surface area contributed by atoms with Gasteiger partial charge in [-0.2, -0.15) is 0 Å². The number of nitrogens with one attached hydrogen (secondary N) is 3. The zero-order chi connectivity index (χ0) is 13.9. The quantitative estimate of drug-likeness (QED) is 0.623. The van der Waals surface area contributed by atoms with Gasteiger partial charge in [0.15, 0.2) is 0 Å². The lowest BCUT2D eigenvalue weighted by atomic mass is 10.2. The number of fused-ring (bicyclic) bond motifs is 1. The number of pyridine rings is 1. The summed E-state index contributed by atoms with van der Waals surface area (Å²) in [6.07, 6.45) is 3.47. The van der Waals surface area contributed by atoms with E-state index in [1.807, 2.05) is 18.2 Å². The van der Waals surface area contributed by atoms with E-state index in [-0.39, 0.29) is 0 Å².